The van der Waals surface area contributed by atoms with E-state index in [2.05, 4.69) is 0 Å². The highest BCUT2D eigenvalue weighted by atomic mass is 35.5. The van der Waals surface area contributed by atoms with Crippen molar-refractivity contribution in [1.82, 2.24) is 0 Å². The molecule has 0 atom stereocenters. The third-order valence-electron chi connectivity index (χ3n) is 3.07. The summed E-state index contributed by atoms with van der Waals surface area (Å²) < 4.78 is 5.30. The molecule has 17 heavy (non-hydrogen) atoms. The first-order valence-electron chi connectivity index (χ1n) is 5.71. The van der Waals surface area contributed by atoms with E-state index in [9.17, 15) is 4.79 Å². The minimum atomic E-state index is -0.262. The van der Waals surface area contributed by atoms with Crippen LogP contribution in [-0.2, 0) is 4.74 Å². The van der Waals surface area contributed by atoms with Gasteiger partial charge in [-0.05, 0) is 38.8 Å². The standard InChI is InChI=1S/C14H19ClO2/c1-10-11(6-5-7-12(10)15)13(16)8-9-14(2,3)17-4/h5-7H,8-9H2,1-4H3. The van der Waals surface area contributed by atoms with Crippen molar-refractivity contribution >= 4 is 17.4 Å². The van der Waals surface area contributed by atoms with E-state index in [0.29, 0.717) is 23.4 Å². The maximum atomic E-state index is 12.1. The van der Waals surface area contributed by atoms with Crippen LogP contribution in [0, 0.1) is 6.92 Å². The Morgan fingerprint density at radius 1 is 1.41 bits per heavy atom. The Bertz CT molecular complexity index is 411. The summed E-state index contributed by atoms with van der Waals surface area (Å²) in [5, 5.41) is 0.641. The van der Waals surface area contributed by atoms with E-state index < -0.39 is 0 Å². The molecule has 0 heterocycles. The van der Waals surface area contributed by atoms with Crippen LogP contribution in [0.25, 0.3) is 0 Å². The lowest BCUT2D eigenvalue weighted by Gasteiger charge is -2.22. The number of ether oxygens (including phenoxy) is 1. The Hall–Kier alpha value is -0.860. The Labute approximate surface area is 108 Å². The topological polar surface area (TPSA) is 26.3 Å². The number of rotatable bonds is 5. The second kappa shape index (κ2) is 5.65. The fourth-order valence-corrected chi connectivity index (χ4v) is 1.74. The van der Waals surface area contributed by atoms with Gasteiger partial charge in [0, 0.05) is 24.1 Å². The Morgan fingerprint density at radius 3 is 2.65 bits per heavy atom. The van der Waals surface area contributed by atoms with E-state index in [-0.39, 0.29) is 11.4 Å². The molecule has 0 unspecified atom stereocenters. The van der Waals surface area contributed by atoms with Gasteiger partial charge in [0.05, 0.1) is 5.60 Å². The molecular formula is C14H19ClO2. The smallest absolute Gasteiger partial charge is 0.163 e. The number of carbonyl (C=O) groups excluding carboxylic acids is 1. The van der Waals surface area contributed by atoms with E-state index in [1.807, 2.05) is 32.9 Å². The van der Waals surface area contributed by atoms with Crippen LogP contribution >= 0.6 is 11.6 Å². The van der Waals surface area contributed by atoms with Crippen LogP contribution in [0.3, 0.4) is 0 Å². The second-order valence-corrected chi connectivity index (χ2v) is 5.21. The van der Waals surface area contributed by atoms with Crippen LogP contribution in [0.2, 0.25) is 5.02 Å². The summed E-state index contributed by atoms with van der Waals surface area (Å²) in [7, 11) is 1.66. The molecule has 1 aromatic rings. The molecule has 0 amide bonds. The lowest BCUT2D eigenvalue weighted by molar-refractivity contribution is 0.0141. The Balaban J connectivity index is 2.74. The van der Waals surface area contributed by atoms with Crippen LogP contribution in [0.15, 0.2) is 18.2 Å². The van der Waals surface area contributed by atoms with Gasteiger partial charge in [-0.1, -0.05) is 23.7 Å². The highest BCUT2D eigenvalue weighted by Crippen LogP contribution is 2.22. The predicted octanol–water partition coefficient (Wildman–Crippen LogP) is 4.04. The van der Waals surface area contributed by atoms with Crippen molar-refractivity contribution in [2.45, 2.75) is 39.2 Å². The van der Waals surface area contributed by atoms with Crippen molar-refractivity contribution in [3.05, 3.63) is 34.3 Å². The van der Waals surface area contributed by atoms with Crippen molar-refractivity contribution in [3.8, 4) is 0 Å². The van der Waals surface area contributed by atoms with Gasteiger partial charge in [-0.25, -0.2) is 0 Å². The van der Waals surface area contributed by atoms with E-state index in [1.165, 1.54) is 0 Å². The molecule has 0 aliphatic heterocycles. The third-order valence-corrected chi connectivity index (χ3v) is 3.48. The second-order valence-electron chi connectivity index (χ2n) is 4.80. The minimum Gasteiger partial charge on any atom is -0.379 e. The zero-order chi connectivity index (χ0) is 13.1. The molecule has 0 N–H and O–H groups in total. The van der Waals surface area contributed by atoms with E-state index in [0.717, 1.165) is 5.56 Å². The van der Waals surface area contributed by atoms with Crippen LogP contribution in [0.1, 0.15) is 42.6 Å². The summed E-state index contributed by atoms with van der Waals surface area (Å²) in [5.41, 5.74) is 1.31. The molecule has 94 valence electrons. The number of halogens is 1. The molecular weight excluding hydrogens is 236 g/mol. The molecule has 0 aliphatic carbocycles. The SMILES string of the molecule is COC(C)(C)CCC(=O)c1cccc(Cl)c1C. The maximum absolute atomic E-state index is 12.1. The summed E-state index contributed by atoms with van der Waals surface area (Å²) >= 11 is 6.00. The van der Waals surface area contributed by atoms with Crippen molar-refractivity contribution in [2.24, 2.45) is 0 Å². The first-order chi connectivity index (χ1) is 7.87. The monoisotopic (exact) mass is 254 g/mol. The number of hydrogen-bond acceptors (Lipinski definition) is 2. The van der Waals surface area contributed by atoms with Gasteiger partial charge in [-0.15, -0.1) is 0 Å². The molecule has 0 aromatic heterocycles. The first kappa shape index (κ1) is 14.2. The predicted molar refractivity (Wildman–Crippen MR) is 70.8 cm³/mol. The summed E-state index contributed by atoms with van der Waals surface area (Å²) in [4.78, 5) is 12.1. The van der Waals surface area contributed by atoms with Crippen molar-refractivity contribution < 1.29 is 9.53 Å². The lowest BCUT2D eigenvalue weighted by Crippen LogP contribution is -2.23. The summed E-state index contributed by atoms with van der Waals surface area (Å²) in [5.74, 6) is 0.120. The van der Waals surface area contributed by atoms with E-state index in [4.69, 9.17) is 16.3 Å². The lowest BCUT2D eigenvalue weighted by atomic mass is 9.96. The number of methoxy groups -OCH3 is 1. The Kier molecular flexibility index (Phi) is 4.72. The summed E-state index contributed by atoms with van der Waals surface area (Å²) in [6, 6.07) is 5.43. The van der Waals surface area contributed by atoms with Crippen LogP contribution < -0.4 is 0 Å². The number of ketones is 1. The summed E-state index contributed by atoms with van der Waals surface area (Å²) in [6.45, 7) is 5.83. The average Bonchev–Trinajstić information content (AvgIpc) is 2.30. The molecule has 2 nitrogen and oxygen atoms in total. The maximum Gasteiger partial charge on any atom is 0.163 e. The molecule has 0 bridgehead atoms. The number of hydrogen-bond donors (Lipinski definition) is 0. The quantitative estimate of drug-likeness (QED) is 0.742. The summed E-state index contributed by atoms with van der Waals surface area (Å²) in [6.07, 6.45) is 1.18. The number of benzene rings is 1. The molecule has 0 saturated carbocycles. The van der Waals surface area contributed by atoms with Crippen molar-refractivity contribution in [1.29, 1.82) is 0 Å². The highest BCUT2D eigenvalue weighted by Gasteiger charge is 2.19. The van der Waals surface area contributed by atoms with Gasteiger partial charge in [0.1, 0.15) is 0 Å². The molecule has 0 saturated heterocycles. The van der Waals surface area contributed by atoms with E-state index >= 15 is 0 Å². The molecule has 1 aromatic carbocycles. The minimum absolute atomic E-state index is 0.120. The number of carbonyl (C=O) groups is 1. The van der Waals surface area contributed by atoms with Gasteiger partial charge in [-0.3, -0.25) is 4.79 Å². The average molecular weight is 255 g/mol. The normalized spacial score (nSPS) is 11.6. The van der Waals surface area contributed by atoms with Crippen molar-refractivity contribution in [2.75, 3.05) is 7.11 Å². The molecule has 0 radical (unpaired) electrons. The zero-order valence-corrected chi connectivity index (χ0v) is 11.6. The van der Waals surface area contributed by atoms with Crippen LogP contribution in [-0.4, -0.2) is 18.5 Å². The molecule has 0 aliphatic rings. The largest absolute Gasteiger partial charge is 0.379 e. The van der Waals surface area contributed by atoms with Gasteiger partial charge in [0.15, 0.2) is 5.78 Å². The van der Waals surface area contributed by atoms with Crippen LogP contribution in [0.5, 0.6) is 0 Å². The third kappa shape index (κ3) is 3.83. The molecule has 3 heteroatoms. The Morgan fingerprint density at radius 2 is 2.06 bits per heavy atom. The fourth-order valence-electron chi connectivity index (χ4n) is 1.56. The van der Waals surface area contributed by atoms with Gasteiger partial charge in [-0.2, -0.15) is 0 Å². The number of Topliss-reactive ketones (excluding diaryl/α,β-unsaturated/α-hetero) is 1. The van der Waals surface area contributed by atoms with Gasteiger partial charge >= 0.3 is 0 Å². The van der Waals surface area contributed by atoms with Crippen molar-refractivity contribution in [3.63, 3.8) is 0 Å². The van der Waals surface area contributed by atoms with Gasteiger partial charge < -0.3 is 4.74 Å². The highest BCUT2D eigenvalue weighted by molar-refractivity contribution is 6.31. The fraction of sp³-hybridized carbons (Fsp3) is 0.500. The van der Waals surface area contributed by atoms with Crippen LogP contribution in [0.4, 0.5) is 0 Å². The van der Waals surface area contributed by atoms with Gasteiger partial charge in [0.2, 0.25) is 0 Å². The molecule has 0 fully saturated rings. The molecule has 0 spiro atoms. The van der Waals surface area contributed by atoms with E-state index in [1.54, 1.807) is 13.2 Å². The zero-order valence-electron chi connectivity index (χ0n) is 10.8. The first-order valence-corrected chi connectivity index (χ1v) is 6.08. The van der Waals surface area contributed by atoms with Gasteiger partial charge in [0.25, 0.3) is 0 Å². The molecule has 1 rings (SSSR count).